The fraction of sp³-hybridized carbons (Fsp3) is 0.278. The zero-order valence-corrected chi connectivity index (χ0v) is 15.7. The molecule has 0 spiro atoms. The predicted octanol–water partition coefficient (Wildman–Crippen LogP) is 2.40. The van der Waals surface area contributed by atoms with Gasteiger partial charge in [0.05, 0.1) is 4.90 Å². The van der Waals surface area contributed by atoms with Gasteiger partial charge in [0, 0.05) is 23.3 Å². The molecular formula is C18H22FN3O3S. The minimum Gasteiger partial charge on any atom is -0.346 e. The summed E-state index contributed by atoms with van der Waals surface area (Å²) in [5, 5.41) is 2.76. The Kier molecular flexibility index (Phi) is 5.68. The summed E-state index contributed by atoms with van der Waals surface area (Å²) >= 11 is 0. The number of rotatable bonds is 6. The highest BCUT2D eigenvalue weighted by Crippen LogP contribution is 2.21. The first kappa shape index (κ1) is 19.9. The van der Waals surface area contributed by atoms with Gasteiger partial charge in [0.1, 0.15) is 5.82 Å². The van der Waals surface area contributed by atoms with Gasteiger partial charge in [-0.3, -0.25) is 9.52 Å². The first-order valence-corrected chi connectivity index (χ1v) is 9.44. The van der Waals surface area contributed by atoms with Crippen LogP contribution in [0, 0.1) is 12.7 Å². The fourth-order valence-corrected chi connectivity index (χ4v) is 3.52. The average molecular weight is 379 g/mol. The zero-order chi connectivity index (χ0) is 19.5. The molecule has 0 aromatic heterocycles. The summed E-state index contributed by atoms with van der Waals surface area (Å²) in [6.07, 6.45) is 0. The Morgan fingerprint density at radius 1 is 1.15 bits per heavy atom. The normalized spacial score (nSPS) is 11.9. The Labute approximate surface area is 152 Å². The van der Waals surface area contributed by atoms with E-state index in [1.165, 1.54) is 18.2 Å². The summed E-state index contributed by atoms with van der Waals surface area (Å²) in [6.45, 7) is 5.41. The van der Waals surface area contributed by atoms with E-state index in [0.29, 0.717) is 5.56 Å². The van der Waals surface area contributed by atoms with Crippen molar-refractivity contribution in [3.8, 4) is 0 Å². The molecule has 0 saturated heterocycles. The van der Waals surface area contributed by atoms with Crippen molar-refractivity contribution in [3.63, 3.8) is 0 Å². The van der Waals surface area contributed by atoms with Crippen LogP contribution in [0.5, 0.6) is 0 Å². The lowest BCUT2D eigenvalue weighted by atomic mass is 10.0. The number of benzene rings is 2. The van der Waals surface area contributed by atoms with Crippen LogP contribution in [0.2, 0.25) is 0 Å². The molecule has 0 aliphatic carbocycles. The molecule has 0 radical (unpaired) electrons. The third-order valence-electron chi connectivity index (χ3n) is 3.80. The maximum atomic E-state index is 13.0. The highest BCUT2D eigenvalue weighted by molar-refractivity contribution is 7.92. The summed E-state index contributed by atoms with van der Waals surface area (Å²) in [5.74, 6) is -0.885. The van der Waals surface area contributed by atoms with Gasteiger partial charge in [-0.2, -0.15) is 0 Å². The number of aryl methyl sites for hydroxylation is 1. The molecule has 0 aliphatic rings. The number of halogens is 1. The maximum Gasteiger partial charge on any atom is 0.262 e. The molecule has 0 bridgehead atoms. The van der Waals surface area contributed by atoms with E-state index in [9.17, 15) is 17.6 Å². The van der Waals surface area contributed by atoms with Crippen LogP contribution in [0.25, 0.3) is 0 Å². The average Bonchev–Trinajstić information content (AvgIpc) is 2.56. The third kappa shape index (κ3) is 4.80. The number of carbonyl (C=O) groups excluding carboxylic acids is 1. The number of sulfonamides is 1. The van der Waals surface area contributed by atoms with Gasteiger partial charge in [0.2, 0.25) is 0 Å². The van der Waals surface area contributed by atoms with Crippen LogP contribution >= 0.6 is 0 Å². The monoisotopic (exact) mass is 379 g/mol. The first-order chi connectivity index (χ1) is 12.0. The summed E-state index contributed by atoms with van der Waals surface area (Å²) in [7, 11) is -3.94. The topological polar surface area (TPSA) is 101 Å². The third-order valence-corrected chi connectivity index (χ3v) is 5.32. The molecule has 0 unspecified atom stereocenters. The van der Waals surface area contributed by atoms with E-state index in [2.05, 4.69) is 10.0 Å². The van der Waals surface area contributed by atoms with Crippen molar-refractivity contribution in [2.45, 2.75) is 31.2 Å². The molecule has 2 aromatic carbocycles. The van der Waals surface area contributed by atoms with Gasteiger partial charge < -0.3 is 11.1 Å². The molecule has 2 rings (SSSR count). The lowest BCUT2D eigenvalue weighted by Crippen LogP contribution is -2.48. The van der Waals surface area contributed by atoms with Gasteiger partial charge >= 0.3 is 0 Å². The maximum absolute atomic E-state index is 13.0. The number of nitrogens with two attached hydrogens (primary N) is 1. The lowest BCUT2D eigenvalue weighted by molar-refractivity contribution is 0.0915. The second-order valence-corrected chi connectivity index (χ2v) is 8.29. The Morgan fingerprint density at radius 2 is 1.77 bits per heavy atom. The van der Waals surface area contributed by atoms with Gasteiger partial charge in [-0.15, -0.1) is 0 Å². The SMILES string of the molecule is Cc1ccc(C(=O)NC(C)(C)CN)cc1S(=O)(=O)Nc1ccc(F)cc1. The largest absolute Gasteiger partial charge is 0.346 e. The van der Waals surface area contributed by atoms with Gasteiger partial charge in [-0.1, -0.05) is 6.07 Å². The van der Waals surface area contributed by atoms with Crippen molar-refractivity contribution >= 4 is 21.6 Å². The molecular weight excluding hydrogens is 357 g/mol. The van der Waals surface area contributed by atoms with Crippen molar-refractivity contribution in [3.05, 3.63) is 59.4 Å². The van der Waals surface area contributed by atoms with Crippen molar-refractivity contribution in [1.29, 1.82) is 0 Å². The molecule has 0 aliphatic heterocycles. The smallest absolute Gasteiger partial charge is 0.262 e. The quantitative estimate of drug-likeness (QED) is 0.717. The second-order valence-electron chi connectivity index (χ2n) is 6.63. The Morgan fingerprint density at radius 3 is 2.35 bits per heavy atom. The lowest BCUT2D eigenvalue weighted by Gasteiger charge is -2.24. The highest BCUT2D eigenvalue weighted by atomic mass is 32.2. The van der Waals surface area contributed by atoms with Crippen LogP contribution in [0.3, 0.4) is 0 Å². The second kappa shape index (κ2) is 7.43. The molecule has 0 saturated carbocycles. The molecule has 1 amide bonds. The minimum atomic E-state index is -3.94. The van der Waals surface area contributed by atoms with E-state index < -0.39 is 27.3 Å². The van der Waals surface area contributed by atoms with Crippen molar-refractivity contribution in [2.24, 2.45) is 5.73 Å². The molecule has 4 N–H and O–H groups in total. The van der Waals surface area contributed by atoms with Gasteiger partial charge in [0.25, 0.3) is 15.9 Å². The number of nitrogens with one attached hydrogen (secondary N) is 2. The molecule has 2 aromatic rings. The van der Waals surface area contributed by atoms with E-state index >= 15 is 0 Å². The molecule has 8 heteroatoms. The van der Waals surface area contributed by atoms with E-state index in [1.54, 1.807) is 32.9 Å². The van der Waals surface area contributed by atoms with Gasteiger partial charge in [0.15, 0.2) is 0 Å². The highest BCUT2D eigenvalue weighted by Gasteiger charge is 2.22. The zero-order valence-electron chi connectivity index (χ0n) is 14.8. The van der Waals surface area contributed by atoms with Crippen LogP contribution in [0.1, 0.15) is 29.8 Å². The Hall–Kier alpha value is -2.45. The molecule has 26 heavy (non-hydrogen) atoms. The van der Waals surface area contributed by atoms with Crippen LogP contribution in [0.15, 0.2) is 47.4 Å². The van der Waals surface area contributed by atoms with Crippen LogP contribution < -0.4 is 15.8 Å². The van der Waals surface area contributed by atoms with Crippen molar-refractivity contribution < 1.29 is 17.6 Å². The summed E-state index contributed by atoms with van der Waals surface area (Å²) < 4.78 is 40.7. The minimum absolute atomic E-state index is 0.0278. The summed E-state index contributed by atoms with van der Waals surface area (Å²) in [5.41, 5.74) is 5.90. The van der Waals surface area contributed by atoms with Crippen molar-refractivity contribution in [2.75, 3.05) is 11.3 Å². The van der Waals surface area contributed by atoms with Crippen LogP contribution in [-0.2, 0) is 10.0 Å². The fourth-order valence-electron chi connectivity index (χ4n) is 2.19. The number of anilines is 1. The standard InChI is InChI=1S/C18H22FN3O3S/c1-12-4-5-13(17(23)21-18(2,3)11-20)10-16(12)26(24,25)22-15-8-6-14(19)7-9-15/h4-10,22H,11,20H2,1-3H3,(H,21,23). The molecule has 140 valence electrons. The molecule has 0 fully saturated rings. The van der Waals surface area contributed by atoms with E-state index in [0.717, 1.165) is 12.1 Å². The molecule has 6 nitrogen and oxygen atoms in total. The molecule has 0 atom stereocenters. The Balaban J connectivity index is 2.33. The van der Waals surface area contributed by atoms with Gasteiger partial charge in [-0.25, -0.2) is 12.8 Å². The van der Waals surface area contributed by atoms with Gasteiger partial charge in [-0.05, 0) is 62.7 Å². The van der Waals surface area contributed by atoms with E-state index in [1.807, 2.05) is 0 Å². The number of amides is 1. The van der Waals surface area contributed by atoms with Crippen LogP contribution in [0.4, 0.5) is 10.1 Å². The number of carbonyl (C=O) groups is 1. The summed E-state index contributed by atoms with van der Waals surface area (Å²) in [6, 6.07) is 9.37. The van der Waals surface area contributed by atoms with E-state index in [-0.39, 0.29) is 22.7 Å². The Bertz CT molecular complexity index is 910. The van der Waals surface area contributed by atoms with Crippen LogP contribution in [-0.4, -0.2) is 26.4 Å². The number of hydrogen-bond acceptors (Lipinski definition) is 4. The first-order valence-electron chi connectivity index (χ1n) is 7.96. The predicted molar refractivity (Wildman–Crippen MR) is 99.0 cm³/mol. The number of hydrogen-bond donors (Lipinski definition) is 3. The molecule has 0 heterocycles. The van der Waals surface area contributed by atoms with E-state index in [4.69, 9.17) is 5.73 Å². The summed E-state index contributed by atoms with van der Waals surface area (Å²) in [4.78, 5) is 12.4. The van der Waals surface area contributed by atoms with Crippen molar-refractivity contribution in [1.82, 2.24) is 5.32 Å².